The van der Waals surface area contributed by atoms with Crippen LogP contribution in [0.5, 0.6) is 11.5 Å². The van der Waals surface area contributed by atoms with E-state index in [0.29, 0.717) is 50.1 Å². The molecule has 2 aromatic rings. The molecule has 44 heavy (non-hydrogen) atoms. The van der Waals surface area contributed by atoms with E-state index in [-0.39, 0.29) is 11.5 Å². The van der Waals surface area contributed by atoms with Crippen LogP contribution in [-0.4, -0.2) is 103 Å². The van der Waals surface area contributed by atoms with Crippen molar-refractivity contribution in [2.45, 2.75) is 50.7 Å². The summed E-state index contributed by atoms with van der Waals surface area (Å²) >= 11 is 0. The van der Waals surface area contributed by atoms with Crippen LogP contribution in [-0.2, 0) is 41.5 Å². The number of aliphatic imine (C=N–C) groups is 2. The van der Waals surface area contributed by atoms with Gasteiger partial charge in [-0.2, -0.15) is 0 Å². The standard InChI is InChI=1S/C32H50N4O8/c1-39-31(40-2,41-3)13-7-15-33-21-25-9-11-29(37)27(19-25)23-35-17-18-36-24-28-20-26(10-12-30(28)38)22-34-16-8-14-32(42-4,43-5)44-6/h9-12,19-20,23-24,33-34,37-38H,7-8,13-18,21-22H2,1-6H3. The summed E-state index contributed by atoms with van der Waals surface area (Å²) in [4.78, 5) is 8.83. The van der Waals surface area contributed by atoms with Crippen molar-refractivity contribution in [1.29, 1.82) is 0 Å². The van der Waals surface area contributed by atoms with Gasteiger partial charge in [0.25, 0.3) is 11.9 Å². The van der Waals surface area contributed by atoms with Gasteiger partial charge in [-0.1, -0.05) is 12.1 Å². The number of phenols is 2. The second-order valence-corrected chi connectivity index (χ2v) is 10.0. The van der Waals surface area contributed by atoms with Crippen molar-refractivity contribution in [3.63, 3.8) is 0 Å². The lowest BCUT2D eigenvalue weighted by molar-refractivity contribution is -0.355. The second kappa shape index (κ2) is 20.2. The summed E-state index contributed by atoms with van der Waals surface area (Å²) in [5, 5.41) is 27.3. The largest absolute Gasteiger partial charge is 0.507 e. The summed E-state index contributed by atoms with van der Waals surface area (Å²) in [5.74, 6) is -1.72. The third kappa shape index (κ3) is 12.2. The molecule has 0 aliphatic rings. The fourth-order valence-corrected chi connectivity index (χ4v) is 4.51. The minimum Gasteiger partial charge on any atom is -0.507 e. The van der Waals surface area contributed by atoms with Crippen molar-refractivity contribution in [2.75, 3.05) is 68.8 Å². The molecule has 0 aliphatic heterocycles. The van der Waals surface area contributed by atoms with Gasteiger partial charge in [0.1, 0.15) is 11.5 Å². The molecule has 0 aromatic heterocycles. The van der Waals surface area contributed by atoms with Gasteiger partial charge in [-0.05, 0) is 61.3 Å². The topological polar surface area (TPSA) is 145 Å². The maximum absolute atomic E-state index is 10.3. The third-order valence-corrected chi connectivity index (χ3v) is 7.20. The molecule has 0 fully saturated rings. The predicted octanol–water partition coefficient (Wildman–Crippen LogP) is 3.56. The molecule has 246 valence electrons. The van der Waals surface area contributed by atoms with Gasteiger partial charge in [-0.3, -0.25) is 9.98 Å². The molecule has 0 heterocycles. The van der Waals surface area contributed by atoms with E-state index >= 15 is 0 Å². The number of phenolic OH excluding ortho intramolecular Hbond substituents is 2. The van der Waals surface area contributed by atoms with Crippen LogP contribution in [0.15, 0.2) is 46.4 Å². The Morgan fingerprint density at radius 3 is 1.32 bits per heavy atom. The van der Waals surface area contributed by atoms with Gasteiger partial charge in [-0.25, -0.2) is 0 Å². The van der Waals surface area contributed by atoms with Gasteiger partial charge in [0.05, 0.1) is 13.1 Å². The number of nitrogens with zero attached hydrogens (tertiary/aromatic N) is 2. The molecule has 0 spiro atoms. The molecular weight excluding hydrogens is 568 g/mol. The Morgan fingerprint density at radius 2 is 0.977 bits per heavy atom. The monoisotopic (exact) mass is 618 g/mol. The van der Waals surface area contributed by atoms with Gasteiger partial charge >= 0.3 is 0 Å². The minimum absolute atomic E-state index is 0.164. The number of benzene rings is 2. The van der Waals surface area contributed by atoms with Crippen LogP contribution in [0.3, 0.4) is 0 Å². The summed E-state index contributed by atoms with van der Waals surface area (Å²) in [6, 6.07) is 10.9. The Balaban J connectivity index is 1.77. The maximum Gasteiger partial charge on any atom is 0.282 e. The van der Waals surface area contributed by atoms with Crippen LogP contribution < -0.4 is 10.6 Å². The summed E-state index contributed by atoms with van der Waals surface area (Å²) in [6.07, 6.45) is 6.06. The molecule has 0 radical (unpaired) electrons. The average molecular weight is 619 g/mol. The Morgan fingerprint density at radius 1 is 0.614 bits per heavy atom. The fraction of sp³-hybridized carbons (Fsp3) is 0.562. The number of methoxy groups -OCH3 is 6. The zero-order valence-corrected chi connectivity index (χ0v) is 26.9. The van der Waals surface area contributed by atoms with Crippen molar-refractivity contribution >= 4 is 12.4 Å². The molecule has 0 saturated carbocycles. The Labute approximate surface area is 261 Å². The van der Waals surface area contributed by atoms with Gasteiger partial charge in [0, 0.05) is 92.1 Å². The van der Waals surface area contributed by atoms with Crippen LogP contribution in [0.1, 0.15) is 47.9 Å². The molecule has 0 aliphatic carbocycles. The Kier molecular flexibility index (Phi) is 17.1. The van der Waals surface area contributed by atoms with E-state index in [0.717, 1.165) is 37.1 Å². The lowest BCUT2D eigenvalue weighted by atomic mass is 10.1. The third-order valence-electron chi connectivity index (χ3n) is 7.20. The van der Waals surface area contributed by atoms with E-state index in [1.54, 1.807) is 67.2 Å². The second-order valence-electron chi connectivity index (χ2n) is 10.0. The first-order valence-corrected chi connectivity index (χ1v) is 14.7. The lowest BCUT2D eigenvalue weighted by Crippen LogP contribution is -2.36. The molecule has 4 N–H and O–H groups in total. The molecule has 12 heteroatoms. The molecule has 2 aromatic carbocycles. The van der Waals surface area contributed by atoms with Crippen LogP contribution in [0.25, 0.3) is 0 Å². The van der Waals surface area contributed by atoms with Crippen LogP contribution in [0.4, 0.5) is 0 Å². The molecule has 0 bridgehead atoms. The first kappa shape index (κ1) is 37.2. The molecule has 2 rings (SSSR count). The summed E-state index contributed by atoms with van der Waals surface area (Å²) in [7, 11) is 9.33. The van der Waals surface area contributed by atoms with E-state index in [2.05, 4.69) is 20.6 Å². The average Bonchev–Trinajstić information content (AvgIpc) is 3.05. The van der Waals surface area contributed by atoms with Crippen LogP contribution in [0.2, 0.25) is 0 Å². The fourth-order valence-electron chi connectivity index (χ4n) is 4.51. The molecule has 0 amide bonds. The van der Waals surface area contributed by atoms with Gasteiger partial charge < -0.3 is 49.3 Å². The van der Waals surface area contributed by atoms with Crippen LogP contribution in [0, 0.1) is 0 Å². The van der Waals surface area contributed by atoms with Gasteiger partial charge in [0.2, 0.25) is 0 Å². The number of rotatable bonds is 23. The van der Waals surface area contributed by atoms with E-state index in [1.807, 2.05) is 24.3 Å². The Hall–Kier alpha value is -2.94. The normalized spacial score (nSPS) is 12.6. The number of ether oxygens (including phenoxy) is 6. The number of aromatic hydroxyl groups is 2. The van der Waals surface area contributed by atoms with E-state index in [9.17, 15) is 10.2 Å². The van der Waals surface area contributed by atoms with Gasteiger partial charge in [-0.15, -0.1) is 0 Å². The predicted molar refractivity (Wildman–Crippen MR) is 171 cm³/mol. The minimum atomic E-state index is -1.02. The molecule has 0 unspecified atom stereocenters. The first-order valence-electron chi connectivity index (χ1n) is 14.7. The first-order chi connectivity index (χ1) is 21.3. The van der Waals surface area contributed by atoms with Crippen molar-refractivity contribution in [3.05, 3.63) is 58.7 Å². The summed E-state index contributed by atoms with van der Waals surface area (Å²) in [6.45, 7) is 3.64. The molecule has 0 saturated heterocycles. The van der Waals surface area contributed by atoms with E-state index in [4.69, 9.17) is 28.4 Å². The highest BCUT2D eigenvalue weighted by molar-refractivity contribution is 5.84. The van der Waals surface area contributed by atoms with Gasteiger partial charge in [0.15, 0.2) is 0 Å². The quantitative estimate of drug-likeness (QED) is 0.0829. The lowest BCUT2D eigenvalue weighted by Gasteiger charge is -2.28. The highest BCUT2D eigenvalue weighted by atomic mass is 16.9. The SMILES string of the molecule is COC(CCCNCc1ccc(O)c(C=NCCN=Cc2cc(CNCCCC(OC)(OC)OC)ccc2O)c1)(OC)OC. The zero-order chi connectivity index (χ0) is 32.3. The zero-order valence-electron chi connectivity index (χ0n) is 26.9. The van der Waals surface area contributed by atoms with Crippen molar-refractivity contribution in [1.82, 2.24) is 10.6 Å². The smallest absolute Gasteiger partial charge is 0.282 e. The number of hydrogen-bond donors (Lipinski definition) is 4. The van der Waals surface area contributed by atoms with E-state index in [1.165, 1.54) is 0 Å². The van der Waals surface area contributed by atoms with Crippen molar-refractivity contribution in [2.24, 2.45) is 9.98 Å². The Bertz CT molecular complexity index is 1050. The summed E-state index contributed by atoms with van der Waals surface area (Å²) in [5.41, 5.74) is 3.33. The maximum atomic E-state index is 10.3. The number of nitrogens with one attached hydrogen (secondary N) is 2. The van der Waals surface area contributed by atoms with E-state index < -0.39 is 11.9 Å². The van der Waals surface area contributed by atoms with Crippen molar-refractivity contribution in [3.8, 4) is 11.5 Å². The highest BCUT2D eigenvalue weighted by Crippen LogP contribution is 2.21. The molecule has 12 nitrogen and oxygen atoms in total. The highest BCUT2D eigenvalue weighted by Gasteiger charge is 2.29. The molecule has 0 atom stereocenters. The van der Waals surface area contributed by atoms with Crippen LogP contribution >= 0.6 is 0 Å². The molecular formula is C32H50N4O8. The van der Waals surface area contributed by atoms with Crippen molar-refractivity contribution < 1.29 is 38.6 Å². The summed E-state index contributed by atoms with van der Waals surface area (Å²) < 4.78 is 31.9. The number of hydrogen-bond acceptors (Lipinski definition) is 12.